The standard InChI is InChI=1S/C9H14N4OS/c1-11-6-10-7-3-4-13(5-8(7)11)9(14)12(2)15/h6,15H,3-5H2,1-2H3. The number of aryl methyl sites for hydroxylation is 1. The van der Waals surface area contributed by atoms with E-state index in [1.54, 1.807) is 18.3 Å². The first-order chi connectivity index (χ1) is 7.09. The Morgan fingerprint density at radius 3 is 3.07 bits per heavy atom. The van der Waals surface area contributed by atoms with Crippen LogP contribution in [0.2, 0.25) is 0 Å². The lowest BCUT2D eigenvalue weighted by Crippen LogP contribution is -2.40. The van der Waals surface area contributed by atoms with E-state index < -0.39 is 0 Å². The van der Waals surface area contributed by atoms with E-state index >= 15 is 0 Å². The molecule has 1 aliphatic rings. The third kappa shape index (κ3) is 1.81. The summed E-state index contributed by atoms with van der Waals surface area (Å²) in [6.45, 7) is 1.34. The lowest BCUT2D eigenvalue weighted by molar-refractivity contribution is 0.178. The predicted molar refractivity (Wildman–Crippen MR) is 59.5 cm³/mol. The molecule has 0 radical (unpaired) electrons. The lowest BCUT2D eigenvalue weighted by atomic mass is 10.1. The van der Waals surface area contributed by atoms with Gasteiger partial charge < -0.3 is 9.47 Å². The summed E-state index contributed by atoms with van der Waals surface area (Å²) in [5, 5.41) is 0. The van der Waals surface area contributed by atoms with Gasteiger partial charge in [-0.2, -0.15) is 0 Å². The minimum atomic E-state index is -0.0646. The molecule has 82 valence electrons. The molecule has 1 aromatic heterocycles. The summed E-state index contributed by atoms with van der Waals surface area (Å²) in [4.78, 5) is 17.7. The maximum Gasteiger partial charge on any atom is 0.329 e. The molecule has 0 saturated carbocycles. The highest BCUT2D eigenvalue weighted by Crippen LogP contribution is 2.18. The molecule has 5 nitrogen and oxygen atoms in total. The number of imidazole rings is 1. The van der Waals surface area contributed by atoms with Crippen LogP contribution in [0.4, 0.5) is 4.79 Å². The number of fused-ring (bicyclic) bond motifs is 1. The van der Waals surface area contributed by atoms with Crippen LogP contribution in [-0.4, -0.2) is 38.4 Å². The van der Waals surface area contributed by atoms with Gasteiger partial charge in [-0.3, -0.25) is 4.31 Å². The van der Waals surface area contributed by atoms with Crippen LogP contribution < -0.4 is 0 Å². The predicted octanol–water partition coefficient (Wildman–Crippen LogP) is 0.675. The number of nitrogens with zero attached hydrogens (tertiary/aromatic N) is 4. The number of hydrogen-bond donors (Lipinski definition) is 1. The van der Waals surface area contributed by atoms with Gasteiger partial charge in [0.25, 0.3) is 0 Å². The topological polar surface area (TPSA) is 41.4 Å². The van der Waals surface area contributed by atoms with E-state index in [9.17, 15) is 4.79 Å². The molecule has 1 aliphatic heterocycles. The highest BCUT2D eigenvalue weighted by atomic mass is 32.1. The van der Waals surface area contributed by atoms with Crippen molar-refractivity contribution in [1.82, 2.24) is 18.8 Å². The Balaban J connectivity index is 2.18. The van der Waals surface area contributed by atoms with E-state index in [0.717, 1.165) is 17.8 Å². The Morgan fingerprint density at radius 1 is 1.67 bits per heavy atom. The van der Waals surface area contributed by atoms with Gasteiger partial charge >= 0.3 is 6.03 Å². The van der Waals surface area contributed by atoms with Gasteiger partial charge in [0.15, 0.2) is 0 Å². The summed E-state index contributed by atoms with van der Waals surface area (Å²) >= 11 is 4.00. The van der Waals surface area contributed by atoms with Crippen molar-refractivity contribution in [2.45, 2.75) is 13.0 Å². The molecule has 15 heavy (non-hydrogen) atoms. The van der Waals surface area contributed by atoms with Crippen molar-refractivity contribution in [3.05, 3.63) is 17.7 Å². The Bertz CT molecular complexity index is 387. The molecule has 2 rings (SSSR count). The fourth-order valence-corrected chi connectivity index (χ4v) is 1.91. The van der Waals surface area contributed by atoms with E-state index in [0.29, 0.717) is 13.1 Å². The first-order valence-corrected chi connectivity index (χ1v) is 5.20. The van der Waals surface area contributed by atoms with Crippen molar-refractivity contribution in [3.63, 3.8) is 0 Å². The second-order valence-electron chi connectivity index (χ2n) is 3.73. The fraction of sp³-hybridized carbons (Fsp3) is 0.556. The van der Waals surface area contributed by atoms with Crippen LogP contribution in [0.25, 0.3) is 0 Å². The second-order valence-corrected chi connectivity index (χ2v) is 4.33. The molecule has 0 saturated heterocycles. The number of carbonyl (C=O) groups is 1. The lowest BCUT2D eigenvalue weighted by Gasteiger charge is -2.28. The number of amides is 2. The van der Waals surface area contributed by atoms with Crippen LogP contribution in [0.15, 0.2) is 6.33 Å². The van der Waals surface area contributed by atoms with Crippen molar-refractivity contribution in [2.24, 2.45) is 7.05 Å². The Morgan fingerprint density at radius 2 is 2.40 bits per heavy atom. The second kappa shape index (κ2) is 3.77. The number of thiol groups is 1. The fourth-order valence-electron chi connectivity index (χ4n) is 1.78. The van der Waals surface area contributed by atoms with Gasteiger partial charge in [0.05, 0.1) is 24.3 Å². The minimum absolute atomic E-state index is 0.0646. The van der Waals surface area contributed by atoms with Crippen LogP contribution in [0.1, 0.15) is 11.4 Å². The summed E-state index contributed by atoms with van der Waals surface area (Å²) in [7, 11) is 3.59. The average Bonchev–Trinajstić information content (AvgIpc) is 2.59. The molecule has 0 unspecified atom stereocenters. The summed E-state index contributed by atoms with van der Waals surface area (Å²) in [5.41, 5.74) is 2.22. The van der Waals surface area contributed by atoms with Crippen LogP contribution in [0, 0.1) is 0 Å². The maximum absolute atomic E-state index is 11.7. The smallest absolute Gasteiger partial charge is 0.329 e. The average molecular weight is 226 g/mol. The SMILES string of the molecule is CN(S)C(=O)N1CCc2ncn(C)c2C1. The van der Waals surface area contributed by atoms with Gasteiger partial charge in [0.2, 0.25) is 0 Å². The zero-order valence-corrected chi connectivity index (χ0v) is 9.74. The number of hydrogen-bond acceptors (Lipinski definition) is 3. The molecule has 0 bridgehead atoms. The van der Waals surface area contributed by atoms with Crippen LogP contribution in [0.3, 0.4) is 0 Å². The van der Waals surface area contributed by atoms with Gasteiger partial charge in [-0.15, -0.1) is 0 Å². The zero-order valence-electron chi connectivity index (χ0n) is 8.84. The first-order valence-electron chi connectivity index (χ1n) is 4.80. The number of rotatable bonds is 0. The molecule has 1 aromatic rings. The molecule has 0 aromatic carbocycles. The van der Waals surface area contributed by atoms with Gasteiger partial charge in [-0.1, -0.05) is 12.8 Å². The molecule has 2 amide bonds. The van der Waals surface area contributed by atoms with Crippen molar-refractivity contribution < 1.29 is 4.79 Å². The molecule has 2 heterocycles. The monoisotopic (exact) mass is 226 g/mol. The van der Waals surface area contributed by atoms with Crippen LogP contribution in [-0.2, 0) is 20.0 Å². The Kier molecular flexibility index (Phi) is 2.60. The third-order valence-corrected chi connectivity index (χ3v) is 2.82. The summed E-state index contributed by atoms with van der Waals surface area (Å²) in [6, 6.07) is -0.0646. The minimum Gasteiger partial charge on any atom is -0.336 e. The first kappa shape index (κ1) is 10.4. The van der Waals surface area contributed by atoms with Crippen molar-refractivity contribution >= 4 is 18.8 Å². The normalized spacial score (nSPS) is 15.0. The third-order valence-electron chi connectivity index (χ3n) is 2.65. The molecular formula is C9H14N4OS. The van der Waals surface area contributed by atoms with E-state index in [4.69, 9.17) is 0 Å². The number of urea groups is 1. The largest absolute Gasteiger partial charge is 0.336 e. The highest BCUT2D eigenvalue weighted by Gasteiger charge is 2.24. The molecule has 0 aliphatic carbocycles. The summed E-state index contributed by atoms with van der Waals surface area (Å²) in [6.07, 6.45) is 2.62. The van der Waals surface area contributed by atoms with Crippen molar-refractivity contribution in [2.75, 3.05) is 13.6 Å². The zero-order chi connectivity index (χ0) is 11.0. The van der Waals surface area contributed by atoms with E-state index in [2.05, 4.69) is 17.8 Å². The maximum atomic E-state index is 11.7. The van der Waals surface area contributed by atoms with E-state index in [1.807, 2.05) is 11.6 Å². The molecule has 0 atom stereocenters. The van der Waals surface area contributed by atoms with Crippen molar-refractivity contribution in [3.8, 4) is 0 Å². The quantitative estimate of drug-likeness (QED) is 0.661. The van der Waals surface area contributed by atoms with Crippen LogP contribution >= 0.6 is 12.8 Å². The Hall–Kier alpha value is -1.17. The molecule has 0 N–H and O–H groups in total. The number of carbonyl (C=O) groups excluding carboxylic acids is 1. The molecule has 0 fully saturated rings. The van der Waals surface area contributed by atoms with Gasteiger partial charge in [0.1, 0.15) is 0 Å². The highest BCUT2D eigenvalue weighted by molar-refractivity contribution is 7.78. The molecular weight excluding hydrogens is 212 g/mol. The summed E-state index contributed by atoms with van der Waals surface area (Å²) < 4.78 is 3.27. The van der Waals surface area contributed by atoms with Gasteiger partial charge in [-0.25, -0.2) is 9.78 Å². The number of aromatic nitrogens is 2. The van der Waals surface area contributed by atoms with Crippen molar-refractivity contribution in [1.29, 1.82) is 0 Å². The van der Waals surface area contributed by atoms with Crippen LogP contribution in [0.5, 0.6) is 0 Å². The molecule has 6 heteroatoms. The van der Waals surface area contributed by atoms with Gasteiger partial charge in [0, 0.05) is 27.1 Å². The Labute approximate surface area is 94.2 Å². The van der Waals surface area contributed by atoms with E-state index in [-0.39, 0.29) is 6.03 Å². The van der Waals surface area contributed by atoms with E-state index in [1.165, 1.54) is 4.31 Å². The molecule has 0 spiro atoms. The van der Waals surface area contributed by atoms with Gasteiger partial charge in [-0.05, 0) is 0 Å². The summed E-state index contributed by atoms with van der Waals surface area (Å²) in [5.74, 6) is 0.